The number of carboxylic acid groups (broad SMARTS) is 1. The van der Waals surface area contributed by atoms with Gasteiger partial charge in [0.2, 0.25) is 11.8 Å². The summed E-state index contributed by atoms with van der Waals surface area (Å²) in [5.74, 6) is -3.05. The van der Waals surface area contributed by atoms with Crippen LogP contribution in [-0.2, 0) is 24.5 Å². The fourth-order valence-electron chi connectivity index (χ4n) is 5.26. The second-order valence-corrected chi connectivity index (χ2v) is 15.4. The Bertz CT molecular complexity index is 950. The van der Waals surface area contributed by atoms with Crippen molar-refractivity contribution >= 4 is 56.1 Å². The van der Waals surface area contributed by atoms with Crippen molar-refractivity contribution in [3.8, 4) is 0 Å². The Kier molecular flexibility index (Phi) is 17.6. The molecule has 1 saturated carbocycles. The standard InChI is InChI=1S/C29H52N2O7S3/c1-5-7-8-9-10-11-15-18-23(27(34)35)30-26(33)24(40-28(39)22-16-13-12-14-17-22)19-21(6-2)25(32)31-29(3,4)20-41(36,37)38/h21-24H,5-20H2,1-4H3,(H,30,33)(H,31,32)(H,34,35)(H,36,37,38). The molecule has 3 atom stereocenters. The highest BCUT2D eigenvalue weighted by Gasteiger charge is 2.34. The molecular formula is C29H52N2O7S3. The average molecular weight is 637 g/mol. The van der Waals surface area contributed by atoms with Crippen LogP contribution in [0.3, 0.4) is 0 Å². The molecule has 1 aliphatic carbocycles. The summed E-state index contributed by atoms with van der Waals surface area (Å²) >= 11 is 6.99. The minimum Gasteiger partial charge on any atom is -0.480 e. The van der Waals surface area contributed by atoms with Crippen LogP contribution in [-0.4, -0.2) is 62.6 Å². The van der Waals surface area contributed by atoms with Crippen molar-refractivity contribution < 1.29 is 32.5 Å². The maximum absolute atomic E-state index is 13.5. The van der Waals surface area contributed by atoms with Crippen LogP contribution < -0.4 is 10.6 Å². The first-order valence-electron chi connectivity index (χ1n) is 15.2. The van der Waals surface area contributed by atoms with Gasteiger partial charge in [-0.2, -0.15) is 8.42 Å². The molecule has 0 spiro atoms. The molecule has 0 radical (unpaired) electrons. The van der Waals surface area contributed by atoms with E-state index < -0.39 is 56.4 Å². The van der Waals surface area contributed by atoms with E-state index in [1.807, 2.05) is 0 Å². The van der Waals surface area contributed by atoms with Gasteiger partial charge in [-0.05, 0) is 46.0 Å². The van der Waals surface area contributed by atoms with Crippen molar-refractivity contribution in [2.75, 3.05) is 5.75 Å². The minimum absolute atomic E-state index is 0.122. The summed E-state index contributed by atoms with van der Waals surface area (Å²) in [5, 5.41) is 14.5. The van der Waals surface area contributed by atoms with Crippen LogP contribution in [0.5, 0.6) is 0 Å². The molecule has 0 aliphatic heterocycles. The van der Waals surface area contributed by atoms with Gasteiger partial charge in [0.15, 0.2) is 0 Å². The Morgan fingerprint density at radius 3 is 2.10 bits per heavy atom. The highest BCUT2D eigenvalue weighted by atomic mass is 32.2. The van der Waals surface area contributed by atoms with Crippen LogP contribution in [0.2, 0.25) is 0 Å². The molecule has 0 aromatic heterocycles. The second-order valence-electron chi connectivity index (χ2n) is 12.0. The number of hydrogen-bond donors (Lipinski definition) is 4. The van der Waals surface area contributed by atoms with Gasteiger partial charge in [-0.15, -0.1) is 11.8 Å². The molecule has 12 heteroatoms. The number of carboxylic acids is 1. The fourth-order valence-corrected chi connectivity index (χ4v) is 8.04. The monoisotopic (exact) mass is 636 g/mol. The zero-order valence-corrected chi connectivity index (χ0v) is 27.7. The molecule has 41 heavy (non-hydrogen) atoms. The molecule has 4 N–H and O–H groups in total. The number of nitrogens with one attached hydrogen (secondary N) is 2. The number of aliphatic carboxylic acids is 1. The molecule has 1 fully saturated rings. The molecule has 3 unspecified atom stereocenters. The zero-order valence-electron chi connectivity index (χ0n) is 25.3. The molecule has 0 aromatic carbocycles. The molecule has 0 bridgehead atoms. The molecule has 0 heterocycles. The summed E-state index contributed by atoms with van der Waals surface area (Å²) in [5.41, 5.74) is -1.22. The van der Waals surface area contributed by atoms with Gasteiger partial charge in [-0.1, -0.05) is 90.3 Å². The topological polar surface area (TPSA) is 150 Å². The normalized spacial score (nSPS) is 16.9. The summed E-state index contributed by atoms with van der Waals surface area (Å²) in [7, 11) is -4.32. The van der Waals surface area contributed by atoms with Crippen molar-refractivity contribution in [3.63, 3.8) is 0 Å². The van der Waals surface area contributed by atoms with Gasteiger partial charge in [0.05, 0.1) is 20.7 Å². The first kappa shape index (κ1) is 37.8. The van der Waals surface area contributed by atoms with E-state index in [4.69, 9.17) is 12.2 Å². The maximum Gasteiger partial charge on any atom is 0.326 e. The van der Waals surface area contributed by atoms with Crippen LogP contribution in [0.4, 0.5) is 0 Å². The third-order valence-corrected chi connectivity index (χ3v) is 10.5. The number of thiocarbonyl (C=S) groups is 1. The van der Waals surface area contributed by atoms with Crippen LogP contribution in [0.1, 0.15) is 124 Å². The third kappa shape index (κ3) is 16.3. The highest BCUT2D eigenvalue weighted by molar-refractivity contribution is 8.23. The van der Waals surface area contributed by atoms with E-state index in [9.17, 15) is 32.5 Å². The summed E-state index contributed by atoms with van der Waals surface area (Å²) < 4.78 is 32.8. The lowest BCUT2D eigenvalue weighted by Gasteiger charge is -2.30. The Morgan fingerprint density at radius 1 is 0.976 bits per heavy atom. The lowest BCUT2D eigenvalue weighted by atomic mass is 9.91. The SMILES string of the molecule is CCCCCCCCCC(NC(=O)C(CC(CC)C(=O)NC(C)(C)CS(=O)(=O)O)SC(=S)C1CCCCC1)C(=O)O. The van der Waals surface area contributed by atoms with Gasteiger partial charge < -0.3 is 15.7 Å². The first-order valence-corrected chi connectivity index (χ1v) is 18.1. The first-order chi connectivity index (χ1) is 19.2. The molecule has 1 aliphatic rings. The van der Waals surface area contributed by atoms with Crippen molar-refractivity contribution in [2.45, 2.75) is 141 Å². The number of thioether (sulfide) groups is 1. The van der Waals surface area contributed by atoms with Crippen LogP contribution in [0.25, 0.3) is 0 Å². The van der Waals surface area contributed by atoms with Crippen LogP contribution in [0, 0.1) is 11.8 Å². The van der Waals surface area contributed by atoms with Gasteiger partial charge in [-0.25, -0.2) is 4.79 Å². The van der Waals surface area contributed by atoms with E-state index in [1.165, 1.54) is 44.9 Å². The Balaban J connectivity index is 2.97. The van der Waals surface area contributed by atoms with Crippen molar-refractivity contribution in [2.24, 2.45) is 11.8 Å². The molecular weight excluding hydrogens is 585 g/mol. The lowest BCUT2D eigenvalue weighted by Crippen LogP contribution is -2.51. The van der Waals surface area contributed by atoms with Gasteiger partial charge in [-0.3, -0.25) is 14.1 Å². The number of carbonyl (C=O) groups is 3. The fraction of sp³-hybridized carbons (Fsp3) is 0.862. The molecule has 9 nitrogen and oxygen atoms in total. The molecule has 0 aromatic rings. The molecule has 2 amide bonds. The summed E-state index contributed by atoms with van der Waals surface area (Å²) in [6.07, 6.45) is 13.4. The van der Waals surface area contributed by atoms with E-state index in [1.54, 1.807) is 6.92 Å². The lowest BCUT2D eigenvalue weighted by molar-refractivity contribution is -0.142. The maximum atomic E-state index is 13.5. The van der Waals surface area contributed by atoms with Gasteiger partial charge in [0, 0.05) is 11.8 Å². The van der Waals surface area contributed by atoms with E-state index in [0.717, 1.165) is 51.4 Å². The van der Waals surface area contributed by atoms with E-state index in [2.05, 4.69) is 17.6 Å². The number of amides is 2. The van der Waals surface area contributed by atoms with Crippen LogP contribution >= 0.6 is 24.0 Å². The number of hydrogen-bond acceptors (Lipinski definition) is 7. The Labute approximate surface area is 256 Å². The van der Waals surface area contributed by atoms with E-state index in [-0.39, 0.29) is 12.3 Å². The Hall–Kier alpha value is -1.24. The van der Waals surface area contributed by atoms with E-state index in [0.29, 0.717) is 23.5 Å². The number of rotatable bonds is 20. The molecule has 1 rings (SSSR count). The second kappa shape index (κ2) is 19.1. The summed E-state index contributed by atoms with van der Waals surface area (Å²) in [4.78, 5) is 38.7. The predicted octanol–water partition coefficient (Wildman–Crippen LogP) is 5.90. The largest absolute Gasteiger partial charge is 0.480 e. The molecule has 0 saturated heterocycles. The summed E-state index contributed by atoms with van der Waals surface area (Å²) in [6, 6.07) is -1.02. The van der Waals surface area contributed by atoms with Crippen LogP contribution in [0.15, 0.2) is 0 Å². The average Bonchev–Trinajstić information content (AvgIpc) is 2.88. The van der Waals surface area contributed by atoms with Gasteiger partial charge >= 0.3 is 5.97 Å². The smallest absolute Gasteiger partial charge is 0.326 e. The van der Waals surface area contributed by atoms with Gasteiger partial charge in [0.1, 0.15) is 6.04 Å². The highest BCUT2D eigenvalue weighted by Crippen LogP contribution is 2.33. The Morgan fingerprint density at radius 2 is 1.56 bits per heavy atom. The minimum atomic E-state index is -4.32. The number of carbonyl (C=O) groups excluding carboxylic acids is 2. The van der Waals surface area contributed by atoms with Crippen molar-refractivity contribution in [1.82, 2.24) is 10.6 Å². The van der Waals surface area contributed by atoms with E-state index >= 15 is 0 Å². The molecule has 238 valence electrons. The zero-order chi connectivity index (χ0) is 31.1. The van der Waals surface area contributed by atoms with Crippen molar-refractivity contribution in [1.29, 1.82) is 0 Å². The van der Waals surface area contributed by atoms with Crippen molar-refractivity contribution in [3.05, 3.63) is 0 Å². The summed E-state index contributed by atoms with van der Waals surface area (Å²) in [6.45, 7) is 6.97. The number of unbranched alkanes of at least 4 members (excludes halogenated alkanes) is 6. The quantitative estimate of drug-likeness (QED) is 0.0727. The predicted molar refractivity (Wildman–Crippen MR) is 170 cm³/mol. The third-order valence-electron chi connectivity index (χ3n) is 7.57. The van der Waals surface area contributed by atoms with Gasteiger partial charge in [0.25, 0.3) is 10.1 Å².